The lowest BCUT2D eigenvalue weighted by molar-refractivity contribution is -0.252. The Morgan fingerprint density at radius 3 is 2.44 bits per heavy atom. The minimum atomic E-state index is -1.60. The lowest BCUT2D eigenvalue weighted by atomic mass is 9.97. The number of carbonyl (C=O) groups excluding carboxylic acids is 1. The van der Waals surface area contributed by atoms with Gasteiger partial charge in [0.15, 0.2) is 6.29 Å². The lowest BCUT2D eigenvalue weighted by Crippen LogP contribution is -2.65. The number of ether oxygens (including phenoxy) is 1. The molecule has 0 aromatic rings. The zero-order valence-electron chi connectivity index (χ0n) is 9.59. The highest BCUT2D eigenvalue weighted by Gasteiger charge is 2.44. The smallest absolute Gasteiger partial charge is 0.333 e. The molecule has 1 unspecified atom stereocenters. The maximum atomic E-state index is 11.4. The highest BCUT2D eigenvalue weighted by Crippen LogP contribution is 2.19. The van der Waals surface area contributed by atoms with Gasteiger partial charge in [-0.05, 0) is 0 Å². The minimum Gasteiger partial charge on any atom is -0.394 e. The van der Waals surface area contributed by atoms with Gasteiger partial charge in [-0.2, -0.15) is 0 Å². The predicted octanol–water partition coefficient (Wildman–Crippen LogP) is -3.68. The number of hydrazine groups is 1. The second-order valence-electron chi connectivity index (χ2n) is 3.86. The fraction of sp³-hybridized carbons (Fsp3) is 0.875. The van der Waals surface area contributed by atoms with Gasteiger partial charge in [0.2, 0.25) is 0 Å². The second-order valence-corrected chi connectivity index (χ2v) is 3.86. The summed E-state index contributed by atoms with van der Waals surface area (Å²) in [6.45, 7) is -0.589. The number of nitrogens with zero attached hydrogens (tertiary/aromatic N) is 1. The molecule has 10 nitrogen and oxygen atoms in total. The number of nitrogens with one attached hydrogen (secondary N) is 2. The number of amides is 2. The molecule has 1 aliphatic rings. The van der Waals surface area contributed by atoms with Gasteiger partial charge in [0.1, 0.15) is 24.4 Å². The van der Waals surface area contributed by atoms with E-state index in [4.69, 9.17) is 15.1 Å². The van der Waals surface area contributed by atoms with Crippen molar-refractivity contribution in [1.82, 2.24) is 15.9 Å². The molecule has 0 spiro atoms. The molecule has 0 bridgehead atoms. The zero-order chi connectivity index (χ0) is 13.9. The Labute approximate surface area is 102 Å². The minimum absolute atomic E-state index is 0.589. The van der Waals surface area contributed by atoms with Gasteiger partial charge in [-0.1, -0.05) is 0 Å². The topological polar surface area (TPSA) is 155 Å². The normalized spacial score (nSPS) is 36.2. The standard InChI is InChI=1S/C8H17N3O7/c1-11(10-17)8(16)9-4-6(14)5(13)3(2-12)18-7(4)15/h3-7,10,12-15,17H,2H2,1H3,(H,9,16)/t3-,4-,5-,6-,7?/m1/s1. The predicted molar refractivity (Wildman–Crippen MR) is 55.0 cm³/mol. The first-order valence-corrected chi connectivity index (χ1v) is 5.16. The quantitative estimate of drug-likeness (QED) is 0.258. The van der Waals surface area contributed by atoms with Crippen molar-refractivity contribution in [2.24, 2.45) is 0 Å². The van der Waals surface area contributed by atoms with E-state index in [0.717, 1.165) is 0 Å². The number of aliphatic hydroxyl groups excluding tert-OH is 4. The van der Waals surface area contributed by atoms with Crippen LogP contribution < -0.4 is 10.9 Å². The fourth-order valence-corrected chi connectivity index (χ4v) is 1.54. The van der Waals surface area contributed by atoms with Gasteiger partial charge in [0, 0.05) is 7.05 Å². The Bertz CT molecular complexity index is 292. The highest BCUT2D eigenvalue weighted by molar-refractivity contribution is 5.73. The van der Waals surface area contributed by atoms with Gasteiger partial charge in [-0.3, -0.25) is 5.21 Å². The van der Waals surface area contributed by atoms with E-state index in [1.54, 1.807) is 0 Å². The van der Waals surface area contributed by atoms with Crippen LogP contribution in [0.4, 0.5) is 4.79 Å². The summed E-state index contributed by atoms with van der Waals surface area (Å²) in [4.78, 5) is 11.4. The average molecular weight is 267 g/mol. The van der Waals surface area contributed by atoms with Gasteiger partial charge in [-0.15, -0.1) is 5.59 Å². The Morgan fingerprint density at radius 1 is 1.33 bits per heavy atom. The van der Waals surface area contributed by atoms with Gasteiger partial charge < -0.3 is 30.5 Å². The molecule has 0 aliphatic carbocycles. The SMILES string of the molecule is CN(NO)C(=O)N[C@H]1C(O)O[C@H](CO)[C@@H](O)[C@@H]1O. The van der Waals surface area contributed by atoms with Crippen LogP contribution in [0.5, 0.6) is 0 Å². The van der Waals surface area contributed by atoms with Crippen LogP contribution in [0, 0.1) is 0 Å². The summed E-state index contributed by atoms with van der Waals surface area (Å²) in [5.74, 6) is 0. The van der Waals surface area contributed by atoms with Crippen LogP contribution in [0.25, 0.3) is 0 Å². The molecule has 0 aromatic heterocycles. The zero-order valence-corrected chi connectivity index (χ0v) is 9.59. The number of carbonyl (C=O) groups is 1. The first-order valence-electron chi connectivity index (χ1n) is 5.16. The van der Waals surface area contributed by atoms with Crippen LogP contribution in [0.1, 0.15) is 0 Å². The molecule has 0 aromatic carbocycles. The Balaban J connectivity index is 2.68. The molecule has 1 saturated heterocycles. The van der Waals surface area contributed by atoms with E-state index < -0.39 is 43.3 Å². The van der Waals surface area contributed by atoms with E-state index in [9.17, 15) is 20.1 Å². The van der Waals surface area contributed by atoms with Crippen molar-refractivity contribution < 1.29 is 35.2 Å². The van der Waals surface area contributed by atoms with Gasteiger partial charge in [-0.25, -0.2) is 9.80 Å². The van der Waals surface area contributed by atoms with Crippen molar-refractivity contribution in [3.8, 4) is 0 Å². The fourth-order valence-electron chi connectivity index (χ4n) is 1.54. The van der Waals surface area contributed by atoms with E-state index in [-0.39, 0.29) is 0 Å². The summed E-state index contributed by atoms with van der Waals surface area (Å²) in [6.07, 6.45) is -5.73. The number of hydrogen-bond acceptors (Lipinski definition) is 8. The number of aliphatic hydroxyl groups is 4. The molecule has 2 amide bonds. The van der Waals surface area contributed by atoms with Crippen LogP contribution in [0.15, 0.2) is 0 Å². The molecule has 7 N–H and O–H groups in total. The van der Waals surface area contributed by atoms with Crippen molar-refractivity contribution in [2.75, 3.05) is 13.7 Å². The number of hydrogen-bond donors (Lipinski definition) is 7. The van der Waals surface area contributed by atoms with Crippen molar-refractivity contribution in [1.29, 1.82) is 0 Å². The molecule has 106 valence electrons. The molecule has 1 aliphatic heterocycles. The van der Waals surface area contributed by atoms with Crippen LogP contribution in [-0.2, 0) is 4.74 Å². The van der Waals surface area contributed by atoms with Gasteiger partial charge >= 0.3 is 6.03 Å². The number of rotatable bonds is 3. The molecule has 1 heterocycles. The molecule has 5 atom stereocenters. The van der Waals surface area contributed by atoms with E-state index in [1.165, 1.54) is 12.6 Å². The van der Waals surface area contributed by atoms with E-state index in [1.807, 2.05) is 0 Å². The molecule has 1 fully saturated rings. The molecule has 18 heavy (non-hydrogen) atoms. The van der Waals surface area contributed by atoms with Crippen LogP contribution in [0.2, 0.25) is 0 Å². The molecule has 0 saturated carbocycles. The van der Waals surface area contributed by atoms with Crippen LogP contribution in [0.3, 0.4) is 0 Å². The van der Waals surface area contributed by atoms with Crippen LogP contribution in [-0.4, -0.2) is 81.0 Å². The third kappa shape index (κ3) is 3.05. The van der Waals surface area contributed by atoms with Crippen LogP contribution >= 0.6 is 0 Å². The lowest BCUT2D eigenvalue weighted by Gasteiger charge is -2.40. The maximum Gasteiger partial charge on any atom is 0.333 e. The van der Waals surface area contributed by atoms with E-state index in [2.05, 4.69) is 5.32 Å². The first kappa shape index (κ1) is 15.0. The highest BCUT2D eigenvalue weighted by atomic mass is 16.6. The second kappa shape index (κ2) is 6.24. The molecular formula is C8H17N3O7. The summed E-state index contributed by atoms with van der Waals surface area (Å²) in [5.41, 5.74) is 1.53. The summed E-state index contributed by atoms with van der Waals surface area (Å²) in [7, 11) is 1.19. The Hall–Kier alpha value is -1.01. The maximum absolute atomic E-state index is 11.4. The summed E-state index contributed by atoms with van der Waals surface area (Å²) in [5, 5.41) is 48.9. The molecule has 0 radical (unpaired) electrons. The Morgan fingerprint density at radius 2 is 1.94 bits per heavy atom. The largest absolute Gasteiger partial charge is 0.394 e. The molecular weight excluding hydrogens is 250 g/mol. The van der Waals surface area contributed by atoms with Crippen molar-refractivity contribution >= 4 is 6.03 Å². The van der Waals surface area contributed by atoms with Crippen molar-refractivity contribution in [3.63, 3.8) is 0 Å². The van der Waals surface area contributed by atoms with E-state index >= 15 is 0 Å². The Kier molecular flexibility index (Phi) is 5.22. The van der Waals surface area contributed by atoms with Crippen molar-refractivity contribution in [2.45, 2.75) is 30.6 Å². The molecule has 10 heteroatoms. The average Bonchev–Trinajstić information content (AvgIpc) is 2.37. The summed E-state index contributed by atoms with van der Waals surface area (Å²) in [6, 6.07) is -2.16. The van der Waals surface area contributed by atoms with Gasteiger partial charge in [0.05, 0.1) is 6.61 Å². The monoisotopic (exact) mass is 267 g/mol. The number of urea groups is 1. The molecule has 1 rings (SSSR count). The third-order valence-electron chi connectivity index (χ3n) is 2.64. The third-order valence-corrected chi connectivity index (χ3v) is 2.64. The van der Waals surface area contributed by atoms with E-state index in [0.29, 0.717) is 5.01 Å². The summed E-state index contributed by atoms with van der Waals surface area (Å²) < 4.78 is 4.82. The first-order chi connectivity index (χ1) is 8.42. The van der Waals surface area contributed by atoms with Crippen molar-refractivity contribution in [3.05, 3.63) is 0 Å². The van der Waals surface area contributed by atoms with Gasteiger partial charge in [0.25, 0.3) is 0 Å². The summed E-state index contributed by atoms with van der Waals surface area (Å²) >= 11 is 0.